The van der Waals surface area contributed by atoms with E-state index in [-0.39, 0.29) is 29.2 Å². The minimum atomic E-state index is -0.723. The van der Waals surface area contributed by atoms with Gasteiger partial charge in [-0.2, -0.15) is 0 Å². The number of nitrogens with one attached hydrogen (secondary N) is 1. The zero-order valence-corrected chi connectivity index (χ0v) is 17.4. The van der Waals surface area contributed by atoms with Crippen LogP contribution in [0.2, 0.25) is 5.02 Å². The maximum absolute atomic E-state index is 12.8. The predicted octanol–water partition coefficient (Wildman–Crippen LogP) is 3.82. The number of amides is 3. The molecule has 2 aliphatic rings. The van der Waals surface area contributed by atoms with E-state index in [4.69, 9.17) is 16.3 Å². The van der Waals surface area contributed by atoms with Gasteiger partial charge in [0.1, 0.15) is 0 Å². The van der Waals surface area contributed by atoms with Gasteiger partial charge in [0, 0.05) is 10.7 Å². The van der Waals surface area contributed by atoms with Crippen LogP contribution in [0.25, 0.3) is 0 Å². The number of imide groups is 1. The molecule has 7 nitrogen and oxygen atoms in total. The maximum atomic E-state index is 12.8. The van der Waals surface area contributed by atoms with Crippen LogP contribution in [0.5, 0.6) is 0 Å². The Morgan fingerprint density at radius 3 is 2.35 bits per heavy atom. The van der Waals surface area contributed by atoms with E-state index in [0.29, 0.717) is 16.4 Å². The zero-order valence-electron chi connectivity index (χ0n) is 16.7. The number of nitrogens with zero attached hydrogens (tertiary/aromatic N) is 1. The molecule has 0 radical (unpaired) electrons. The van der Waals surface area contributed by atoms with Crippen molar-refractivity contribution >= 4 is 46.7 Å². The van der Waals surface area contributed by atoms with Crippen LogP contribution >= 0.6 is 11.6 Å². The average Bonchev–Trinajstić information content (AvgIpc) is 3.02. The third-order valence-corrected chi connectivity index (χ3v) is 5.86. The van der Waals surface area contributed by atoms with Gasteiger partial charge < -0.3 is 10.1 Å². The lowest BCUT2D eigenvalue weighted by Gasteiger charge is -2.19. The summed E-state index contributed by atoms with van der Waals surface area (Å²) in [5.41, 5.74) is 0.994. The van der Waals surface area contributed by atoms with E-state index < -0.39 is 18.5 Å². The van der Waals surface area contributed by atoms with E-state index in [1.165, 1.54) is 17.0 Å². The second kappa shape index (κ2) is 8.89. The highest BCUT2D eigenvalue weighted by molar-refractivity contribution is 6.30. The van der Waals surface area contributed by atoms with Crippen LogP contribution in [0.1, 0.15) is 36.0 Å². The minimum Gasteiger partial charge on any atom is -0.452 e. The Balaban J connectivity index is 1.41. The molecule has 1 heterocycles. The number of hydrogen-bond acceptors (Lipinski definition) is 5. The van der Waals surface area contributed by atoms with Gasteiger partial charge in [-0.15, -0.1) is 0 Å². The molecule has 160 valence electrons. The number of carbonyl (C=O) groups is 4. The molecule has 0 spiro atoms. The van der Waals surface area contributed by atoms with Crippen molar-refractivity contribution in [3.8, 4) is 0 Å². The Labute approximate surface area is 184 Å². The Kier molecular flexibility index (Phi) is 6.04. The topological polar surface area (TPSA) is 92.8 Å². The van der Waals surface area contributed by atoms with Gasteiger partial charge in [0.2, 0.25) is 11.8 Å². The SMILES string of the molecule is O=C(COC(=O)c1cccc(N2C(=O)[C@H]3CCCC[C@H]3C2=O)c1)Nc1cccc(Cl)c1. The molecule has 1 aliphatic heterocycles. The van der Waals surface area contributed by atoms with E-state index in [2.05, 4.69) is 5.32 Å². The van der Waals surface area contributed by atoms with Crippen molar-refractivity contribution in [2.45, 2.75) is 25.7 Å². The fourth-order valence-electron chi connectivity index (χ4n) is 4.17. The van der Waals surface area contributed by atoms with Gasteiger partial charge in [-0.05, 0) is 49.2 Å². The number of ether oxygens (including phenoxy) is 1. The van der Waals surface area contributed by atoms with Crippen LogP contribution in [-0.2, 0) is 19.1 Å². The van der Waals surface area contributed by atoms with Crippen LogP contribution in [0, 0.1) is 11.8 Å². The highest BCUT2D eigenvalue weighted by atomic mass is 35.5. The van der Waals surface area contributed by atoms with E-state index in [9.17, 15) is 19.2 Å². The summed E-state index contributed by atoms with van der Waals surface area (Å²) >= 11 is 5.88. The molecule has 1 saturated carbocycles. The summed E-state index contributed by atoms with van der Waals surface area (Å²) in [5, 5.41) is 3.06. The van der Waals surface area contributed by atoms with Crippen molar-refractivity contribution in [2.24, 2.45) is 11.8 Å². The van der Waals surface area contributed by atoms with Gasteiger partial charge in [-0.1, -0.05) is 36.6 Å². The summed E-state index contributed by atoms with van der Waals surface area (Å²) in [6.45, 7) is -0.485. The Hall–Kier alpha value is -3.19. The molecule has 3 amide bonds. The first kappa shape index (κ1) is 21.1. The normalized spacial score (nSPS) is 20.4. The fourth-order valence-corrected chi connectivity index (χ4v) is 4.36. The quantitative estimate of drug-likeness (QED) is 0.563. The Bertz CT molecular complexity index is 1030. The Morgan fingerprint density at radius 2 is 1.68 bits per heavy atom. The van der Waals surface area contributed by atoms with E-state index in [0.717, 1.165) is 25.7 Å². The van der Waals surface area contributed by atoms with Gasteiger partial charge in [-0.25, -0.2) is 4.79 Å². The number of benzene rings is 2. The van der Waals surface area contributed by atoms with Crippen molar-refractivity contribution in [1.29, 1.82) is 0 Å². The summed E-state index contributed by atoms with van der Waals surface area (Å²) in [6.07, 6.45) is 3.32. The molecule has 1 N–H and O–H groups in total. The number of fused-ring (bicyclic) bond motifs is 1. The lowest BCUT2D eigenvalue weighted by Crippen LogP contribution is -2.31. The smallest absolute Gasteiger partial charge is 0.338 e. The molecule has 0 aromatic heterocycles. The lowest BCUT2D eigenvalue weighted by atomic mass is 9.81. The van der Waals surface area contributed by atoms with Crippen molar-refractivity contribution in [3.63, 3.8) is 0 Å². The average molecular weight is 441 g/mol. The summed E-state index contributed by atoms with van der Waals surface area (Å²) in [7, 11) is 0. The van der Waals surface area contributed by atoms with Crippen molar-refractivity contribution in [3.05, 3.63) is 59.1 Å². The molecule has 8 heteroatoms. The first-order chi connectivity index (χ1) is 14.9. The van der Waals surface area contributed by atoms with E-state index in [1.54, 1.807) is 36.4 Å². The molecule has 2 aromatic rings. The van der Waals surface area contributed by atoms with Gasteiger partial charge >= 0.3 is 5.97 Å². The molecule has 1 saturated heterocycles. The minimum absolute atomic E-state index is 0.156. The molecule has 4 rings (SSSR count). The maximum Gasteiger partial charge on any atom is 0.338 e. The highest BCUT2D eigenvalue weighted by Gasteiger charge is 2.48. The molecule has 2 fully saturated rings. The Morgan fingerprint density at radius 1 is 1.00 bits per heavy atom. The molecule has 1 aliphatic carbocycles. The zero-order chi connectivity index (χ0) is 22.0. The van der Waals surface area contributed by atoms with Crippen LogP contribution in [0.3, 0.4) is 0 Å². The first-order valence-corrected chi connectivity index (χ1v) is 10.5. The van der Waals surface area contributed by atoms with Crippen molar-refractivity contribution in [1.82, 2.24) is 0 Å². The molecule has 2 aromatic carbocycles. The third-order valence-electron chi connectivity index (χ3n) is 5.62. The number of hydrogen-bond donors (Lipinski definition) is 1. The van der Waals surface area contributed by atoms with Crippen LogP contribution in [0.4, 0.5) is 11.4 Å². The molecule has 0 unspecified atom stereocenters. The molecule has 2 atom stereocenters. The second-order valence-electron chi connectivity index (χ2n) is 7.69. The monoisotopic (exact) mass is 440 g/mol. The number of halogens is 1. The standard InChI is InChI=1S/C23H21ClN2O5/c24-15-6-4-7-16(12-15)25-20(27)13-31-23(30)14-5-3-8-17(11-14)26-21(28)18-9-1-2-10-19(18)22(26)29/h3-8,11-12,18-19H,1-2,9-10,13H2,(H,25,27)/t18-,19+. The number of esters is 1. The molecule has 31 heavy (non-hydrogen) atoms. The first-order valence-electron chi connectivity index (χ1n) is 10.1. The molecular formula is C23H21ClN2O5. The molecular weight excluding hydrogens is 420 g/mol. The number of rotatable bonds is 5. The number of anilines is 2. The summed E-state index contributed by atoms with van der Waals surface area (Å²) in [5.74, 6) is -2.19. The fraction of sp³-hybridized carbons (Fsp3) is 0.304. The van der Waals surface area contributed by atoms with E-state index in [1.807, 2.05) is 0 Å². The highest BCUT2D eigenvalue weighted by Crippen LogP contribution is 2.40. The van der Waals surface area contributed by atoms with Crippen LogP contribution in [-0.4, -0.2) is 30.3 Å². The van der Waals surface area contributed by atoms with Crippen molar-refractivity contribution < 1.29 is 23.9 Å². The lowest BCUT2D eigenvalue weighted by molar-refractivity contribution is -0.122. The number of carbonyl (C=O) groups excluding carboxylic acids is 4. The second-order valence-corrected chi connectivity index (χ2v) is 8.13. The van der Waals surface area contributed by atoms with Crippen LogP contribution < -0.4 is 10.2 Å². The van der Waals surface area contributed by atoms with Crippen molar-refractivity contribution in [2.75, 3.05) is 16.8 Å². The van der Waals surface area contributed by atoms with Crippen LogP contribution in [0.15, 0.2) is 48.5 Å². The summed E-state index contributed by atoms with van der Waals surface area (Å²) in [6, 6.07) is 12.8. The molecule has 0 bridgehead atoms. The summed E-state index contributed by atoms with van der Waals surface area (Å²) < 4.78 is 5.09. The van der Waals surface area contributed by atoms with Gasteiger partial charge in [-0.3, -0.25) is 19.3 Å². The predicted molar refractivity (Wildman–Crippen MR) is 115 cm³/mol. The van der Waals surface area contributed by atoms with Gasteiger partial charge in [0.05, 0.1) is 23.1 Å². The largest absolute Gasteiger partial charge is 0.452 e. The van der Waals surface area contributed by atoms with E-state index >= 15 is 0 Å². The third kappa shape index (κ3) is 4.46. The van der Waals surface area contributed by atoms with Gasteiger partial charge in [0.25, 0.3) is 5.91 Å². The summed E-state index contributed by atoms with van der Waals surface area (Å²) in [4.78, 5) is 51.2. The van der Waals surface area contributed by atoms with Gasteiger partial charge in [0.15, 0.2) is 6.61 Å².